The normalized spacial score (nSPS) is 17.1. The van der Waals surface area contributed by atoms with Crippen LogP contribution in [-0.2, 0) is 18.9 Å². The van der Waals surface area contributed by atoms with E-state index in [-0.39, 0.29) is 34.6 Å². The van der Waals surface area contributed by atoms with Crippen molar-refractivity contribution in [3.05, 3.63) is 142 Å². The van der Waals surface area contributed by atoms with Crippen molar-refractivity contribution in [1.82, 2.24) is 9.47 Å². The van der Waals surface area contributed by atoms with E-state index in [2.05, 4.69) is 20.0 Å². The van der Waals surface area contributed by atoms with Crippen LogP contribution in [0.4, 0.5) is 32.8 Å². The molecule has 370 valence electrons. The minimum Gasteiger partial charge on any atom is -0.376 e. The molecule has 1 N–H and O–H groups in total. The number of rotatable bonds is 17. The third kappa shape index (κ3) is 11.2. The molecule has 1 unspecified atom stereocenters. The zero-order chi connectivity index (χ0) is 49.9. The number of nitro benzene ring substituents is 1. The second-order valence-electron chi connectivity index (χ2n) is 18.4. The number of nitrogens with zero attached hydrogens (tertiary/aromatic N) is 6. The minimum atomic E-state index is -3.76. The Balaban J connectivity index is 0.998. The van der Waals surface area contributed by atoms with E-state index >= 15 is 4.39 Å². The number of anilines is 4. The summed E-state index contributed by atoms with van der Waals surface area (Å²) >= 11 is 7.96. The van der Waals surface area contributed by atoms with Crippen LogP contribution in [0.3, 0.4) is 0 Å². The van der Waals surface area contributed by atoms with Gasteiger partial charge in [-0.15, -0.1) is 11.8 Å². The van der Waals surface area contributed by atoms with E-state index in [1.54, 1.807) is 47.6 Å². The van der Waals surface area contributed by atoms with Crippen LogP contribution < -0.4 is 25.1 Å². The maximum atomic E-state index is 15.8. The molecular weight excluding hydrogens is 968 g/mol. The van der Waals surface area contributed by atoms with Crippen LogP contribution in [0.15, 0.2) is 125 Å². The molecule has 18 heteroatoms. The number of nitro groups is 1. The molecule has 0 bridgehead atoms. The molecule has 2 fully saturated rings. The van der Waals surface area contributed by atoms with E-state index in [1.165, 1.54) is 24.5 Å². The van der Waals surface area contributed by atoms with E-state index in [0.29, 0.717) is 89.5 Å². The molecule has 70 heavy (non-hydrogen) atoms. The summed E-state index contributed by atoms with van der Waals surface area (Å²) in [6.45, 7) is 9.66. The average Bonchev–Trinajstić information content (AvgIpc) is 3.66. The van der Waals surface area contributed by atoms with E-state index in [9.17, 15) is 23.1 Å². The molecule has 2 atom stereocenters. The first-order valence-electron chi connectivity index (χ1n) is 23.4. The molecule has 0 radical (unpaired) electrons. The van der Waals surface area contributed by atoms with Crippen molar-refractivity contribution >= 4 is 74.5 Å². The monoisotopic (exact) mass is 1030 g/mol. The van der Waals surface area contributed by atoms with E-state index in [1.807, 2.05) is 105 Å². The first kappa shape index (κ1) is 51.0. The molecule has 13 nitrogen and oxygen atoms in total. The maximum absolute atomic E-state index is 15.8. The topological polar surface area (TPSA) is 134 Å². The highest BCUT2D eigenvalue weighted by molar-refractivity contribution is 7.99. The molecule has 3 heterocycles. The first-order valence-corrected chi connectivity index (χ1v) is 28.3. The molecule has 2 aliphatic rings. The summed E-state index contributed by atoms with van der Waals surface area (Å²) in [6.07, 6.45) is 2.59. The predicted molar refractivity (Wildman–Crippen MR) is 285 cm³/mol. The van der Waals surface area contributed by atoms with Gasteiger partial charge in [0.1, 0.15) is 11.5 Å². The zero-order valence-electron chi connectivity index (χ0n) is 40.3. The summed E-state index contributed by atoms with van der Waals surface area (Å²) < 4.78 is 67.7. The fourth-order valence-corrected chi connectivity index (χ4v) is 14.2. The summed E-state index contributed by atoms with van der Waals surface area (Å²) in [5.41, 5.74) is 5.45. The molecule has 0 spiro atoms. The Morgan fingerprint density at radius 2 is 1.53 bits per heavy atom. The van der Waals surface area contributed by atoms with Crippen LogP contribution in [0.25, 0.3) is 22.4 Å². The molecule has 0 aliphatic carbocycles. The lowest BCUT2D eigenvalue weighted by Crippen LogP contribution is -2.46. The Morgan fingerprint density at radius 1 is 0.871 bits per heavy atom. The lowest BCUT2D eigenvalue weighted by Gasteiger charge is -2.38. The van der Waals surface area contributed by atoms with E-state index in [0.717, 1.165) is 29.1 Å². The van der Waals surface area contributed by atoms with Gasteiger partial charge in [-0.3, -0.25) is 19.3 Å². The number of piperazine rings is 1. The SMILES string of the molecule is Cc1c(S(C)(=O)=O)c(-c2cc(F)cc(N3CCN(c4ccc(N5CCCOP5(=O)c5ccc(N[C@H](CCN(C)C)CSc6ccccc6)c([N+](=O)[O-])c5)cc4)CC3)c2)c(-c2ccc(Cl)cc2)n1C(C)C. The van der Waals surface area contributed by atoms with Crippen LogP contribution in [0, 0.1) is 22.9 Å². The highest BCUT2D eigenvalue weighted by Gasteiger charge is 2.39. The fraction of sp³-hybridized carbons (Fsp3) is 0.346. The second kappa shape index (κ2) is 21.6. The van der Waals surface area contributed by atoms with E-state index in [4.69, 9.17) is 16.1 Å². The third-order valence-electron chi connectivity index (χ3n) is 12.8. The van der Waals surface area contributed by atoms with Crippen molar-refractivity contribution in [2.45, 2.75) is 55.5 Å². The Morgan fingerprint density at radius 3 is 2.16 bits per heavy atom. The van der Waals surface area contributed by atoms with Gasteiger partial charge in [0, 0.05) is 101 Å². The summed E-state index contributed by atoms with van der Waals surface area (Å²) in [5, 5.41) is 16.9. The number of sulfone groups is 1. The van der Waals surface area contributed by atoms with Crippen molar-refractivity contribution in [1.29, 1.82) is 0 Å². The molecule has 1 aromatic heterocycles. The number of hydrogen-bond donors (Lipinski definition) is 1. The van der Waals surface area contributed by atoms with Crippen LogP contribution in [0.1, 0.15) is 38.4 Å². The molecule has 5 aromatic carbocycles. The van der Waals surface area contributed by atoms with Gasteiger partial charge in [0.15, 0.2) is 9.84 Å². The standard InChI is InChI=1S/C52H60ClFN7O6PS2/c1-36(2)60-37(3)52(70(6,65)66)50(51(60)38-13-15-40(53)16-14-38)39-31-41(54)33-45(32-39)58-28-26-57(27-29-58)43-17-19-44(20-18-43)59-24-10-30-67-68(59,64)46-21-22-48(49(34-46)61(62)63)55-42(23-25-56(4)5)35-69-47-11-8-7-9-12-47/h7-9,11-22,31-34,36,42,55H,10,23-30,35H2,1-6H3/t42-,68?/m1/s1. The number of hydrogen-bond acceptors (Lipinski definition) is 11. The van der Waals surface area contributed by atoms with Crippen LogP contribution >= 0.6 is 30.9 Å². The molecule has 8 rings (SSSR count). The minimum absolute atomic E-state index is 0.0729. The Kier molecular flexibility index (Phi) is 15.7. The van der Waals surface area contributed by atoms with Crippen LogP contribution in [-0.4, -0.2) is 101 Å². The fourth-order valence-electron chi connectivity index (χ4n) is 9.52. The predicted octanol–water partition coefficient (Wildman–Crippen LogP) is 11.4. The van der Waals surface area contributed by atoms with E-state index < -0.39 is 28.1 Å². The number of benzene rings is 5. The van der Waals surface area contributed by atoms with Gasteiger partial charge in [-0.2, -0.15) is 0 Å². The Hall–Kier alpha value is -5.35. The number of nitrogens with one attached hydrogen (secondary N) is 1. The summed E-state index contributed by atoms with van der Waals surface area (Å²) in [7, 11) is -3.51. The average molecular weight is 1030 g/mol. The van der Waals surface area contributed by atoms with Crippen molar-refractivity contribution in [2.24, 2.45) is 0 Å². The Labute approximate surface area is 420 Å². The van der Waals surface area contributed by atoms with Gasteiger partial charge in [-0.25, -0.2) is 12.8 Å². The highest BCUT2D eigenvalue weighted by atomic mass is 35.5. The molecule has 2 aliphatic heterocycles. The zero-order valence-corrected chi connectivity index (χ0v) is 43.6. The summed E-state index contributed by atoms with van der Waals surface area (Å²) in [5.74, 6) is 0.226. The Bertz CT molecular complexity index is 2990. The highest BCUT2D eigenvalue weighted by Crippen LogP contribution is 2.55. The van der Waals surface area contributed by atoms with Crippen molar-refractivity contribution in [2.75, 3.05) is 91.8 Å². The quantitative estimate of drug-likeness (QED) is 0.0403. The van der Waals surface area contributed by atoms with Gasteiger partial charge in [-0.1, -0.05) is 41.9 Å². The molecule has 0 amide bonds. The van der Waals surface area contributed by atoms with Gasteiger partial charge in [0.05, 0.1) is 27.4 Å². The van der Waals surface area contributed by atoms with Crippen molar-refractivity contribution in [3.63, 3.8) is 0 Å². The summed E-state index contributed by atoms with van der Waals surface area (Å²) in [4.78, 5) is 19.9. The van der Waals surface area contributed by atoms with Gasteiger partial charge in [-0.05, 0) is 144 Å². The maximum Gasteiger partial charge on any atom is 0.326 e. The molecule has 0 saturated carbocycles. The number of aromatic nitrogens is 1. The van der Waals surface area contributed by atoms with Crippen molar-refractivity contribution < 1.29 is 26.8 Å². The molecular formula is C52H60ClFN7O6PS2. The van der Waals surface area contributed by atoms with Gasteiger partial charge in [0.25, 0.3) is 5.69 Å². The summed E-state index contributed by atoms with van der Waals surface area (Å²) in [6, 6.07) is 34.4. The molecule has 6 aromatic rings. The number of halogens is 2. The lowest BCUT2D eigenvalue weighted by atomic mass is 9.99. The number of thioether (sulfide) groups is 1. The largest absolute Gasteiger partial charge is 0.376 e. The lowest BCUT2D eigenvalue weighted by molar-refractivity contribution is -0.383. The van der Waals surface area contributed by atoms with Gasteiger partial charge in [0.2, 0.25) is 0 Å². The van der Waals surface area contributed by atoms with Gasteiger partial charge >= 0.3 is 7.52 Å². The third-order valence-corrected chi connectivity index (χ3v) is 18.0. The smallest absolute Gasteiger partial charge is 0.326 e. The van der Waals surface area contributed by atoms with Crippen LogP contribution in [0.5, 0.6) is 0 Å². The van der Waals surface area contributed by atoms with Crippen molar-refractivity contribution in [3.8, 4) is 22.4 Å². The van der Waals surface area contributed by atoms with Gasteiger partial charge < -0.3 is 29.1 Å². The second-order valence-corrected chi connectivity index (χ2v) is 24.2. The molecule has 2 saturated heterocycles. The first-order chi connectivity index (χ1) is 33.4. The van der Waals surface area contributed by atoms with Crippen LogP contribution in [0.2, 0.25) is 5.02 Å².